The molecular formula is C16H32IN7O. The van der Waals surface area contributed by atoms with Crippen molar-refractivity contribution >= 4 is 29.9 Å². The van der Waals surface area contributed by atoms with Gasteiger partial charge in [-0.15, -0.1) is 34.2 Å². The van der Waals surface area contributed by atoms with Gasteiger partial charge in [0.25, 0.3) is 0 Å². The number of aliphatic imine (C=N–C) groups is 1. The molecule has 2 heterocycles. The van der Waals surface area contributed by atoms with Crippen LogP contribution in [0.15, 0.2) is 11.3 Å². The van der Waals surface area contributed by atoms with E-state index < -0.39 is 0 Å². The third-order valence-corrected chi connectivity index (χ3v) is 4.47. The number of ether oxygens (including phenoxy) is 1. The summed E-state index contributed by atoms with van der Waals surface area (Å²) in [7, 11) is 3.57. The Morgan fingerprint density at radius 3 is 2.96 bits per heavy atom. The normalized spacial score (nSPS) is 18.2. The average Bonchev–Trinajstić information content (AvgIpc) is 3.24. The number of halogens is 1. The van der Waals surface area contributed by atoms with E-state index in [2.05, 4.69) is 42.2 Å². The molecule has 0 spiro atoms. The van der Waals surface area contributed by atoms with Gasteiger partial charge >= 0.3 is 0 Å². The summed E-state index contributed by atoms with van der Waals surface area (Å²) in [4.78, 5) is 6.80. The van der Waals surface area contributed by atoms with Crippen molar-refractivity contribution in [2.45, 2.75) is 38.8 Å². The Hall–Kier alpha value is -0.940. The summed E-state index contributed by atoms with van der Waals surface area (Å²) in [5.74, 6) is 1.86. The van der Waals surface area contributed by atoms with Crippen molar-refractivity contribution in [3.05, 3.63) is 12.2 Å². The van der Waals surface area contributed by atoms with Crippen LogP contribution in [0.25, 0.3) is 0 Å². The maximum Gasteiger partial charge on any atom is 0.191 e. The zero-order valence-electron chi connectivity index (χ0n) is 15.6. The number of nitrogens with one attached hydrogen (secondary N) is 2. The van der Waals surface area contributed by atoms with Crippen molar-refractivity contribution < 1.29 is 4.74 Å². The van der Waals surface area contributed by atoms with Gasteiger partial charge in [0.2, 0.25) is 0 Å². The number of likely N-dealkylation sites (tertiary alicyclic amines) is 1. The number of hydrogen-bond acceptors (Lipinski definition) is 5. The van der Waals surface area contributed by atoms with Gasteiger partial charge < -0.3 is 19.9 Å². The molecule has 1 fully saturated rings. The Balaban J connectivity index is 0.00000312. The zero-order valence-corrected chi connectivity index (χ0v) is 17.9. The summed E-state index contributed by atoms with van der Waals surface area (Å²) in [5, 5.41) is 14.9. The fourth-order valence-corrected chi connectivity index (χ4v) is 3.10. The largest absolute Gasteiger partial charge is 0.383 e. The van der Waals surface area contributed by atoms with Gasteiger partial charge in [0.15, 0.2) is 5.96 Å². The quantitative estimate of drug-likeness (QED) is 0.318. The monoisotopic (exact) mass is 465 g/mol. The second-order valence-corrected chi connectivity index (χ2v) is 6.00. The predicted molar refractivity (Wildman–Crippen MR) is 111 cm³/mol. The van der Waals surface area contributed by atoms with E-state index in [1.165, 1.54) is 12.8 Å². The number of aromatic nitrogens is 3. The molecule has 9 heteroatoms. The molecule has 2 N–H and O–H groups in total. The molecule has 1 aliphatic rings. The van der Waals surface area contributed by atoms with Gasteiger partial charge in [-0.25, -0.2) is 0 Å². The summed E-state index contributed by atoms with van der Waals surface area (Å²) in [6.45, 7) is 7.59. The number of guanidine groups is 1. The van der Waals surface area contributed by atoms with Gasteiger partial charge in [0.05, 0.1) is 6.61 Å². The number of rotatable bonds is 9. The molecule has 25 heavy (non-hydrogen) atoms. The Bertz CT molecular complexity index is 508. The standard InChI is InChI=1S/C16H31N7O.HI/c1-4-15-21-20-13-23(15)9-7-18-16(17-2)19-12-14-6-5-8-22(14)10-11-24-3;/h13-14H,4-12H2,1-3H3,(H2,17,18,19);1H. The molecule has 1 aromatic rings. The average molecular weight is 465 g/mol. The number of aryl methyl sites for hydroxylation is 1. The van der Waals surface area contributed by atoms with Crippen LogP contribution < -0.4 is 10.6 Å². The number of methoxy groups -OCH3 is 1. The lowest BCUT2D eigenvalue weighted by atomic mass is 10.2. The van der Waals surface area contributed by atoms with E-state index in [1.54, 1.807) is 13.4 Å². The first kappa shape index (κ1) is 22.1. The van der Waals surface area contributed by atoms with E-state index in [-0.39, 0.29) is 24.0 Å². The van der Waals surface area contributed by atoms with Crippen molar-refractivity contribution in [1.29, 1.82) is 0 Å². The first-order valence-corrected chi connectivity index (χ1v) is 8.82. The van der Waals surface area contributed by atoms with Crippen molar-refractivity contribution in [2.75, 3.05) is 46.9 Å². The molecular weight excluding hydrogens is 433 g/mol. The van der Waals surface area contributed by atoms with Gasteiger partial charge in [-0.05, 0) is 19.4 Å². The smallest absolute Gasteiger partial charge is 0.191 e. The highest BCUT2D eigenvalue weighted by atomic mass is 127. The minimum absolute atomic E-state index is 0. The van der Waals surface area contributed by atoms with E-state index in [0.717, 1.165) is 57.5 Å². The molecule has 1 atom stereocenters. The highest BCUT2D eigenvalue weighted by Gasteiger charge is 2.23. The summed E-state index contributed by atoms with van der Waals surface area (Å²) < 4.78 is 7.27. The Morgan fingerprint density at radius 2 is 2.24 bits per heavy atom. The molecule has 0 aliphatic carbocycles. The van der Waals surface area contributed by atoms with Gasteiger partial charge in [0, 0.05) is 52.8 Å². The van der Waals surface area contributed by atoms with Crippen LogP contribution in [0.1, 0.15) is 25.6 Å². The second-order valence-electron chi connectivity index (χ2n) is 6.00. The van der Waals surface area contributed by atoms with Crippen molar-refractivity contribution in [2.24, 2.45) is 4.99 Å². The van der Waals surface area contributed by atoms with Gasteiger partial charge in [-0.1, -0.05) is 6.92 Å². The lowest BCUT2D eigenvalue weighted by Crippen LogP contribution is -2.46. The molecule has 8 nitrogen and oxygen atoms in total. The molecule has 1 saturated heterocycles. The zero-order chi connectivity index (χ0) is 17.2. The van der Waals surface area contributed by atoms with E-state index in [0.29, 0.717) is 6.04 Å². The maximum absolute atomic E-state index is 5.20. The molecule has 1 aliphatic heterocycles. The topological polar surface area (TPSA) is 79.6 Å². The second kappa shape index (κ2) is 12.4. The van der Waals surface area contributed by atoms with E-state index in [4.69, 9.17) is 4.74 Å². The lowest BCUT2D eigenvalue weighted by molar-refractivity contribution is 0.141. The third kappa shape index (κ3) is 7.06. The maximum atomic E-state index is 5.20. The van der Waals surface area contributed by atoms with Crippen LogP contribution in [0.4, 0.5) is 0 Å². The first-order chi connectivity index (χ1) is 11.8. The Kier molecular flexibility index (Phi) is 11.0. The van der Waals surface area contributed by atoms with Crippen LogP contribution in [0.3, 0.4) is 0 Å². The SMILES string of the molecule is CCc1nncn1CCNC(=NC)NCC1CCCN1CCOC.I. The minimum Gasteiger partial charge on any atom is -0.383 e. The molecule has 144 valence electrons. The highest BCUT2D eigenvalue weighted by molar-refractivity contribution is 14.0. The summed E-state index contributed by atoms with van der Waals surface area (Å²) in [5.41, 5.74) is 0. The molecule has 2 rings (SSSR count). The van der Waals surface area contributed by atoms with E-state index in [9.17, 15) is 0 Å². The minimum atomic E-state index is 0. The van der Waals surface area contributed by atoms with E-state index in [1.807, 2.05) is 7.05 Å². The molecule has 0 amide bonds. The predicted octanol–water partition coefficient (Wildman–Crippen LogP) is 0.734. The third-order valence-electron chi connectivity index (χ3n) is 4.47. The molecule has 0 bridgehead atoms. The van der Waals surface area contributed by atoms with Crippen LogP contribution in [0, 0.1) is 0 Å². The Morgan fingerprint density at radius 1 is 1.40 bits per heavy atom. The van der Waals surface area contributed by atoms with Crippen LogP contribution >= 0.6 is 24.0 Å². The Labute approximate surface area is 167 Å². The van der Waals surface area contributed by atoms with Crippen LogP contribution in [-0.4, -0.2) is 78.6 Å². The molecule has 1 unspecified atom stereocenters. The van der Waals surface area contributed by atoms with Gasteiger partial charge in [-0.2, -0.15) is 0 Å². The molecule has 0 saturated carbocycles. The van der Waals surface area contributed by atoms with Crippen LogP contribution in [0.5, 0.6) is 0 Å². The molecule has 0 radical (unpaired) electrons. The number of nitrogens with zero attached hydrogens (tertiary/aromatic N) is 5. The fraction of sp³-hybridized carbons (Fsp3) is 0.812. The van der Waals surface area contributed by atoms with Crippen LogP contribution in [-0.2, 0) is 17.7 Å². The van der Waals surface area contributed by atoms with Gasteiger partial charge in [0.1, 0.15) is 12.2 Å². The summed E-state index contributed by atoms with van der Waals surface area (Å²) in [6.07, 6.45) is 5.17. The van der Waals surface area contributed by atoms with Gasteiger partial charge in [-0.3, -0.25) is 9.89 Å². The van der Waals surface area contributed by atoms with E-state index >= 15 is 0 Å². The fourth-order valence-electron chi connectivity index (χ4n) is 3.10. The summed E-state index contributed by atoms with van der Waals surface area (Å²) in [6, 6.07) is 0.559. The summed E-state index contributed by atoms with van der Waals surface area (Å²) >= 11 is 0. The lowest BCUT2D eigenvalue weighted by Gasteiger charge is -2.25. The van der Waals surface area contributed by atoms with Crippen molar-refractivity contribution in [3.63, 3.8) is 0 Å². The van der Waals surface area contributed by atoms with Crippen LogP contribution in [0.2, 0.25) is 0 Å². The highest BCUT2D eigenvalue weighted by Crippen LogP contribution is 2.15. The van der Waals surface area contributed by atoms with Crippen molar-refractivity contribution in [3.8, 4) is 0 Å². The van der Waals surface area contributed by atoms with Crippen molar-refractivity contribution in [1.82, 2.24) is 30.3 Å². The number of hydrogen-bond donors (Lipinski definition) is 2. The molecule has 0 aromatic carbocycles. The molecule has 1 aromatic heterocycles. The first-order valence-electron chi connectivity index (χ1n) is 8.82.